The molecule has 0 spiro atoms. The lowest BCUT2D eigenvalue weighted by Gasteiger charge is -2.02. The molecule has 0 atom stereocenters. The number of thiophene rings is 2. The molecular weight excluding hydrogens is 232 g/mol. The summed E-state index contributed by atoms with van der Waals surface area (Å²) in [6.07, 6.45) is 6.11. The number of hydrogen-bond acceptors (Lipinski definition) is 2. The van der Waals surface area contributed by atoms with E-state index in [1.165, 1.54) is 34.6 Å². The summed E-state index contributed by atoms with van der Waals surface area (Å²) < 4.78 is 0. The average molecular weight is 248 g/mol. The third-order valence-corrected chi connectivity index (χ3v) is 4.29. The Kier molecular flexibility index (Phi) is 4.37. The molecule has 0 aliphatic rings. The van der Waals surface area contributed by atoms with Gasteiger partial charge in [0, 0.05) is 15.3 Å². The van der Waals surface area contributed by atoms with E-state index in [4.69, 9.17) is 0 Å². The van der Waals surface area contributed by atoms with Crippen molar-refractivity contribution in [2.24, 2.45) is 0 Å². The van der Waals surface area contributed by atoms with Gasteiger partial charge in [-0.05, 0) is 29.3 Å². The lowest BCUT2D eigenvalue weighted by molar-refractivity contribution is 0.816. The highest BCUT2D eigenvalue weighted by Crippen LogP contribution is 2.30. The van der Waals surface area contributed by atoms with Crippen molar-refractivity contribution < 1.29 is 0 Å². The molecular formula is C14H16S2. The molecule has 0 amide bonds. The molecule has 0 aliphatic carbocycles. The maximum Gasteiger partial charge on any atom is 0.0353 e. The molecule has 0 nitrogen and oxygen atoms in total. The highest BCUT2D eigenvalue weighted by Gasteiger charge is 2.06. The topological polar surface area (TPSA) is 0 Å². The van der Waals surface area contributed by atoms with Crippen molar-refractivity contribution in [3.05, 3.63) is 50.9 Å². The molecule has 16 heavy (non-hydrogen) atoms. The van der Waals surface area contributed by atoms with Gasteiger partial charge in [0.2, 0.25) is 0 Å². The fourth-order valence-corrected chi connectivity index (χ4v) is 3.26. The summed E-state index contributed by atoms with van der Waals surface area (Å²) in [5.74, 6) is 0. The van der Waals surface area contributed by atoms with Crippen LogP contribution in [0.25, 0.3) is 5.57 Å². The molecule has 84 valence electrons. The van der Waals surface area contributed by atoms with Crippen molar-refractivity contribution in [1.29, 1.82) is 0 Å². The molecule has 2 aromatic heterocycles. The molecule has 2 heterocycles. The number of rotatable bonds is 5. The molecule has 0 aliphatic heterocycles. The second kappa shape index (κ2) is 6.02. The first kappa shape index (κ1) is 11.6. The summed E-state index contributed by atoms with van der Waals surface area (Å²) in [6.45, 7) is 2.24. The summed E-state index contributed by atoms with van der Waals surface area (Å²) in [6, 6.07) is 8.67. The molecule has 0 N–H and O–H groups in total. The van der Waals surface area contributed by atoms with E-state index in [-0.39, 0.29) is 0 Å². The Balaban J connectivity index is 2.24. The highest BCUT2D eigenvalue weighted by atomic mass is 32.1. The Hall–Kier alpha value is -0.860. The standard InChI is InChI=1S/C14H16S2/c1-2-3-4-7-12(13-8-5-10-15-13)14-9-6-11-16-14/h5-11H,2-4H2,1H3. The van der Waals surface area contributed by atoms with Gasteiger partial charge in [-0.15, -0.1) is 22.7 Å². The van der Waals surface area contributed by atoms with E-state index in [2.05, 4.69) is 48.0 Å². The van der Waals surface area contributed by atoms with Crippen LogP contribution in [0, 0.1) is 0 Å². The van der Waals surface area contributed by atoms with Crippen LogP contribution in [-0.4, -0.2) is 0 Å². The van der Waals surface area contributed by atoms with Crippen molar-refractivity contribution >= 4 is 28.2 Å². The number of unbranched alkanes of at least 4 members (excludes halogenated alkanes) is 2. The van der Waals surface area contributed by atoms with Crippen LogP contribution in [0.2, 0.25) is 0 Å². The third-order valence-electron chi connectivity index (χ3n) is 2.48. The van der Waals surface area contributed by atoms with Gasteiger partial charge in [-0.3, -0.25) is 0 Å². The molecule has 0 unspecified atom stereocenters. The zero-order valence-electron chi connectivity index (χ0n) is 9.48. The summed E-state index contributed by atoms with van der Waals surface area (Å²) in [5, 5.41) is 4.30. The predicted octanol–water partition coefficient (Wildman–Crippen LogP) is 5.43. The first-order chi connectivity index (χ1) is 7.92. The highest BCUT2D eigenvalue weighted by molar-refractivity contribution is 7.13. The zero-order chi connectivity index (χ0) is 11.2. The van der Waals surface area contributed by atoms with Crippen LogP contribution in [-0.2, 0) is 0 Å². The third kappa shape index (κ3) is 2.83. The predicted molar refractivity (Wildman–Crippen MR) is 75.2 cm³/mol. The van der Waals surface area contributed by atoms with Crippen LogP contribution < -0.4 is 0 Å². The van der Waals surface area contributed by atoms with Gasteiger partial charge in [0.05, 0.1) is 0 Å². The van der Waals surface area contributed by atoms with E-state index < -0.39 is 0 Å². The van der Waals surface area contributed by atoms with Crippen molar-refractivity contribution in [3.8, 4) is 0 Å². The number of hydrogen-bond donors (Lipinski definition) is 0. The van der Waals surface area contributed by atoms with Gasteiger partial charge in [-0.2, -0.15) is 0 Å². The van der Waals surface area contributed by atoms with Crippen LogP contribution in [0.3, 0.4) is 0 Å². The SMILES string of the molecule is CCCCC=C(c1cccs1)c1cccs1. The fraction of sp³-hybridized carbons (Fsp3) is 0.286. The van der Waals surface area contributed by atoms with Crippen molar-refractivity contribution in [2.75, 3.05) is 0 Å². The minimum atomic E-state index is 1.18. The van der Waals surface area contributed by atoms with Crippen LogP contribution >= 0.6 is 22.7 Å². The lowest BCUT2D eigenvalue weighted by atomic mass is 10.1. The molecule has 0 saturated carbocycles. The second-order valence-corrected chi connectivity index (χ2v) is 5.61. The van der Waals surface area contributed by atoms with Gasteiger partial charge < -0.3 is 0 Å². The fourth-order valence-electron chi connectivity index (χ4n) is 1.64. The van der Waals surface area contributed by atoms with Gasteiger partial charge in [-0.25, -0.2) is 0 Å². The normalized spacial score (nSPS) is 10.3. The van der Waals surface area contributed by atoms with Crippen LogP contribution in [0.15, 0.2) is 41.1 Å². The molecule has 0 saturated heterocycles. The van der Waals surface area contributed by atoms with Crippen LogP contribution in [0.4, 0.5) is 0 Å². The zero-order valence-corrected chi connectivity index (χ0v) is 11.1. The van der Waals surface area contributed by atoms with Crippen molar-refractivity contribution in [3.63, 3.8) is 0 Å². The Bertz CT molecular complexity index is 385. The van der Waals surface area contributed by atoms with E-state index in [1.54, 1.807) is 0 Å². The van der Waals surface area contributed by atoms with Gasteiger partial charge in [-0.1, -0.05) is 38.0 Å². The van der Waals surface area contributed by atoms with Gasteiger partial charge in [0.1, 0.15) is 0 Å². The van der Waals surface area contributed by atoms with Crippen molar-refractivity contribution in [1.82, 2.24) is 0 Å². The number of allylic oxidation sites excluding steroid dienone is 1. The minimum absolute atomic E-state index is 1.18. The summed E-state index contributed by atoms with van der Waals surface area (Å²) >= 11 is 3.65. The molecule has 0 fully saturated rings. The van der Waals surface area contributed by atoms with E-state index in [9.17, 15) is 0 Å². The van der Waals surface area contributed by atoms with Crippen LogP contribution in [0.5, 0.6) is 0 Å². The van der Waals surface area contributed by atoms with Gasteiger partial charge >= 0.3 is 0 Å². The molecule has 0 aromatic carbocycles. The molecule has 2 aromatic rings. The van der Waals surface area contributed by atoms with E-state index in [0.717, 1.165) is 0 Å². The van der Waals surface area contributed by atoms with Gasteiger partial charge in [0.25, 0.3) is 0 Å². The van der Waals surface area contributed by atoms with E-state index >= 15 is 0 Å². The monoisotopic (exact) mass is 248 g/mol. The first-order valence-electron chi connectivity index (χ1n) is 5.69. The largest absolute Gasteiger partial charge is 0.144 e. The van der Waals surface area contributed by atoms with Gasteiger partial charge in [0.15, 0.2) is 0 Å². The second-order valence-electron chi connectivity index (χ2n) is 3.71. The van der Waals surface area contributed by atoms with Crippen LogP contribution in [0.1, 0.15) is 35.9 Å². The summed E-state index contributed by atoms with van der Waals surface area (Å²) in [4.78, 5) is 2.78. The van der Waals surface area contributed by atoms with Crippen molar-refractivity contribution in [2.45, 2.75) is 26.2 Å². The molecule has 2 heteroatoms. The smallest absolute Gasteiger partial charge is 0.0353 e. The minimum Gasteiger partial charge on any atom is -0.144 e. The molecule has 2 rings (SSSR count). The quantitative estimate of drug-likeness (QED) is 0.619. The Morgan fingerprint density at radius 3 is 2.19 bits per heavy atom. The first-order valence-corrected chi connectivity index (χ1v) is 7.45. The van der Waals surface area contributed by atoms with E-state index in [0.29, 0.717) is 0 Å². The Labute approximate surface area is 105 Å². The van der Waals surface area contributed by atoms with E-state index in [1.807, 2.05) is 22.7 Å². The summed E-state index contributed by atoms with van der Waals surface area (Å²) in [5.41, 5.74) is 1.42. The molecule has 0 radical (unpaired) electrons. The summed E-state index contributed by atoms with van der Waals surface area (Å²) in [7, 11) is 0. The Morgan fingerprint density at radius 2 is 1.75 bits per heavy atom. The lowest BCUT2D eigenvalue weighted by Crippen LogP contribution is -1.80. The maximum absolute atomic E-state index is 2.39. The average Bonchev–Trinajstić information content (AvgIpc) is 2.97. The Morgan fingerprint density at radius 1 is 1.12 bits per heavy atom. The molecule has 0 bridgehead atoms. The maximum atomic E-state index is 2.39.